The third-order valence-electron chi connectivity index (χ3n) is 4.91. The van der Waals surface area contributed by atoms with Crippen LogP contribution in [0.1, 0.15) is 20.3 Å². The Labute approximate surface area is 256 Å². The first-order valence-corrected chi connectivity index (χ1v) is 14.8. The molecule has 0 spiro atoms. The fourth-order valence-electron chi connectivity index (χ4n) is 2.79. The second-order valence-corrected chi connectivity index (χ2v) is 8.59. The van der Waals surface area contributed by atoms with Crippen LogP contribution in [-0.4, -0.2) is 157 Å². The molecule has 0 atom stereocenters. The number of esters is 2. The Morgan fingerprint density at radius 2 is 0.674 bits per heavy atom. The van der Waals surface area contributed by atoms with Crippen molar-refractivity contribution in [1.29, 1.82) is 0 Å². The smallest absolute Gasteiger partial charge is 0.333 e. The van der Waals surface area contributed by atoms with Gasteiger partial charge < -0.3 is 56.8 Å². The molecule has 0 fully saturated rings. The predicted octanol–water partition coefficient (Wildman–Crippen LogP) is 1.22. The van der Waals surface area contributed by atoms with Crippen LogP contribution in [0.3, 0.4) is 0 Å². The monoisotopic (exact) mass is 626 g/mol. The molecule has 0 heterocycles. The topological polar surface area (TPSA) is 145 Å². The van der Waals surface area contributed by atoms with Crippen molar-refractivity contribution in [3.8, 4) is 0 Å². The predicted molar refractivity (Wildman–Crippen MR) is 155 cm³/mol. The van der Waals surface area contributed by atoms with Gasteiger partial charge in [-0.05, 0) is 13.8 Å². The van der Waals surface area contributed by atoms with Crippen LogP contribution in [0.4, 0.5) is 0 Å². The van der Waals surface area contributed by atoms with Gasteiger partial charge in [0.25, 0.3) is 0 Å². The summed E-state index contributed by atoms with van der Waals surface area (Å²) in [4.78, 5) is 22.3. The van der Waals surface area contributed by atoms with Gasteiger partial charge >= 0.3 is 11.9 Å². The summed E-state index contributed by atoms with van der Waals surface area (Å²) < 4.78 is 63.7. The number of hydrogen-bond donors (Lipinski definition) is 0. The van der Waals surface area contributed by atoms with Crippen molar-refractivity contribution < 1.29 is 66.4 Å². The summed E-state index contributed by atoms with van der Waals surface area (Å²) in [6.07, 6.45) is 0.252. The SMILES string of the molecule is C=C(C)C(=O)OCCOCCOCCOCCOCCOCCOCCOCCOCCOCCOCCC(=O)OCC. The Kier molecular flexibility index (Phi) is 33.4. The molecule has 43 heavy (non-hydrogen) atoms. The van der Waals surface area contributed by atoms with E-state index in [0.29, 0.717) is 144 Å². The molecule has 14 heteroatoms. The normalized spacial score (nSPS) is 11.1. The van der Waals surface area contributed by atoms with E-state index in [1.807, 2.05) is 0 Å². The van der Waals surface area contributed by atoms with Crippen LogP contribution >= 0.6 is 0 Å². The van der Waals surface area contributed by atoms with E-state index in [9.17, 15) is 9.59 Å². The van der Waals surface area contributed by atoms with Gasteiger partial charge in [-0.25, -0.2) is 4.79 Å². The van der Waals surface area contributed by atoms with Crippen LogP contribution in [0.2, 0.25) is 0 Å². The lowest BCUT2D eigenvalue weighted by Gasteiger charge is -2.09. The summed E-state index contributed by atoms with van der Waals surface area (Å²) in [5, 5.41) is 0. The second kappa shape index (κ2) is 34.8. The molecule has 0 amide bonds. The molecule has 0 rings (SSSR count). The highest BCUT2D eigenvalue weighted by Crippen LogP contribution is 1.92. The van der Waals surface area contributed by atoms with Crippen molar-refractivity contribution >= 4 is 11.9 Å². The van der Waals surface area contributed by atoms with Gasteiger partial charge in [0.2, 0.25) is 0 Å². The molecule has 0 N–H and O–H groups in total. The summed E-state index contributed by atoms with van der Waals surface area (Å²) in [6.45, 7) is 16.5. The van der Waals surface area contributed by atoms with Crippen molar-refractivity contribution in [2.24, 2.45) is 0 Å². The van der Waals surface area contributed by atoms with Gasteiger partial charge in [-0.2, -0.15) is 0 Å². The minimum absolute atomic E-state index is 0.196. The van der Waals surface area contributed by atoms with E-state index in [-0.39, 0.29) is 19.0 Å². The quantitative estimate of drug-likeness (QED) is 0.0565. The van der Waals surface area contributed by atoms with Gasteiger partial charge in [0, 0.05) is 5.57 Å². The van der Waals surface area contributed by atoms with E-state index >= 15 is 0 Å². The molecule has 0 unspecified atom stereocenters. The summed E-state index contributed by atoms with van der Waals surface area (Å²) in [5.41, 5.74) is 0.367. The lowest BCUT2D eigenvalue weighted by Crippen LogP contribution is -2.15. The highest BCUT2D eigenvalue weighted by molar-refractivity contribution is 5.86. The Morgan fingerprint density at radius 3 is 0.930 bits per heavy atom. The lowest BCUT2D eigenvalue weighted by molar-refractivity contribution is -0.144. The molecule has 0 aliphatic heterocycles. The molecule has 0 radical (unpaired) electrons. The fraction of sp³-hybridized carbons (Fsp3) is 0.862. The molecule has 14 nitrogen and oxygen atoms in total. The van der Waals surface area contributed by atoms with Crippen LogP contribution in [0.15, 0.2) is 12.2 Å². The third kappa shape index (κ3) is 34.6. The van der Waals surface area contributed by atoms with Crippen molar-refractivity contribution in [2.75, 3.05) is 145 Å². The van der Waals surface area contributed by atoms with E-state index < -0.39 is 5.97 Å². The zero-order chi connectivity index (χ0) is 31.5. The highest BCUT2D eigenvalue weighted by atomic mass is 16.6. The van der Waals surface area contributed by atoms with Crippen LogP contribution < -0.4 is 0 Å². The molecule has 0 aliphatic rings. The molecular formula is C29H54O14. The van der Waals surface area contributed by atoms with Crippen molar-refractivity contribution in [2.45, 2.75) is 20.3 Å². The first-order chi connectivity index (χ1) is 21.1. The lowest BCUT2D eigenvalue weighted by atomic mass is 10.4. The van der Waals surface area contributed by atoms with Crippen LogP contribution in [0.25, 0.3) is 0 Å². The zero-order valence-electron chi connectivity index (χ0n) is 26.2. The summed E-state index contributed by atoms with van der Waals surface area (Å²) >= 11 is 0. The number of hydrogen-bond acceptors (Lipinski definition) is 14. The van der Waals surface area contributed by atoms with Gasteiger partial charge in [-0.3, -0.25) is 4.79 Å². The number of rotatable bonds is 35. The minimum Gasteiger partial charge on any atom is -0.466 e. The Hall–Kier alpha value is -1.72. The average Bonchev–Trinajstić information content (AvgIpc) is 2.99. The number of carbonyl (C=O) groups excluding carboxylic acids is 2. The van der Waals surface area contributed by atoms with Crippen LogP contribution in [0, 0.1) is 0 Å². The molecule has 0 saturated carbocycles. The largest absolute Gasteiger partial charge is 0.466 e. The van der Waals surface area contributed by atoms with E-state index in [1.54, 1.807) is 13.8 Å². The van der Waals surface area contributed by atoms with E-state index in [1.165, 1.54) is 0 Å². The standard InChI is InChI=1S/C29H54O14/c1-4-42-28(30)5-6-32-7-8-33-9-10-34-11-12-35-13-14-36-15-16-37-17-18-38-19-20-39-21-22-40-23-24-41-25-26-43-29(31)27(2)3/h2,4-26H2,1,3H3. The molecule has 0 aromatic rings. The summed E-state index contributed by atoms with van der Waals surface area (Å²) in [6, 6.07) is 0. The Balaban J connectivity index is 3.09. The van der Waals surface area contributed by atoms with Crippen molar-refractivity contribution in [3.63, 3.8) is 0 Å². The second-order valence-electron chi connectivity index (χ2n) is 8.59. The van der Waals surface area contributed by atoms with E-state index in [4.69, 9.17) is 56.8 Å². The zero-order valence-corrected chi connectivity index (χ0v) is 26.2. The van der Waals surface area contributed by atoms with Gasteiger partial charge in [0.1, 0.15) is 6.61 Å². The third-order valence-corrected chi connectivity index (χ3v) is 4.91. The molecular weight excluding hydrogens is 572 g/mol. The molecule has 0 aromatic heterocycles. The number of carbonyl (C=O) groups is 2. The minimum atomic E-state index is -0.416. The van der Waals surface area contributed by atoms with Gasteiger partial charge in [0.05, 0.1) is 145 Å². The summed E-state index contributed by atoms with van der Waals surface area (Å²) in [5.74, 6) is -0.670. The van der Waals surface area contributed by atoms with Gasteiger partial charge in [-0.1, -0.05) is 6.58 Å². The Bertz CT molecular complexity index is 634. The number of ether oxygens (including phenoxy) is 12. The summed E-state index contributed by atoms with van der Waals surface area (Å²) in [7, 11) is 0. The van der Waals surface area contributed by atoms with E-state index in [0.717, 1.165) is 0 Å². The van der Waals surface area contributed by atoms with Crippen LogP contribution in [0.5, 0.6) is 0 Å². The molecule has 0 aliphatic carbocycles. The molecule has 0 aromatic carbocycles. The fourth-order valence-corrected chi connectivity index (χ4v) is 2.79. The highest BCUT2D eigenvalue weighted by Gasteiger charge is 2.02. The van der Waals surface area contributed by atoms with Gasteiger partial charge in [-0.15, -0.1) is 0 Å². The van der Waals surface area contributed by atoms with Crippen molar-refractivity contribution in [1.82, 2.24) is 0 Å². The molecule has 254 valence electrons. The maximum atomic E-state index is 11.2. The maximum Gasteiger partial charge on any atom is 0.333 e. The maximum absolute atomic E-state index is 11.2. The van der Waals surface area contributed by atoms with Gasteiger partial charge in [0.15, 0.2) is 0 Å². The molecule has 0 saturated heterocycles. The first kappa shape index (κ1) is 41.3. The van der Waals surface area contributed by atoms with Crippen LogP contribution in [-0.2, 0) is 66.4 Å². The molecule has 0 bridgehead atoms. The average molecular weight is 627 g/mol. The first-order valence-electron chi connectivity index (χ1n) is 14.8. The Morgan fingerprint density at radius 1 is 0.419 bits per heavy atom. The van der Waals surface area contributed by atoms with E-state index in [2.05, 4.69) is 6.58 Å². The van der Waals surface area contributed by atoms with Crippen molar-refractivity contribution in [3.05, 3.63) is 12.2 Å².